The van der Waals surface area contributed by atoms with Crippen molar-refractivity contribution in [2.75, 3.05) is 0 Å². The molecule has 2 N–H and O–H groups in total. The van der Waals surface area contributed by atoms with Gasteiger partial charge in [0.05, 0.1) is 11.5 Å². The van der Waals surface area contributed by atoms with E-state index in [4.69, 9.17) is 9.84 Å². The van der Waals surface area contributed by atoms with E-state index in [9.17, 15) is 14.7 Å². The zero-order valence-electron chi connectivity index (χ0n) is 19.0. The van der Waals surface area contributed by atoms with Crippen molar-refractivity contribution in [1.29, 1.82) is 0 Å². The van der Waals surface area contributed by atoms with E-state index in [-0.39, 0.29) is 23.9 Å². The third-order valence-electron chi connectivity index (χ3n) is 6.79. The van der Waals surface area contributed by atoms with E-state index in [0.29, 0.717) is 24.7 Å². The highest BCUT2D eigenvalue weighted by atomic mass is 16.5. The van der Waals surface area contributed by atoms with Gasteiger partial charge in [-0.15, -0.1) is 0 Å². The molecule has 2 rings (SSSR count). The Labute approximate surface area is 180 Å². The van der Waals surface area contributed by atoms with Crippen molar-refractivity contribution in [3.63, 3.8) is 0 Å². The number of allylic oxidation sites excluding steroid dienone is 3. The van der Waals surface area contributed by atoms with Crippen LogP contribution in [0.15, 0.2) is 36.0 Å². The molecule has 5 nitrogen and oxygen atoms in total. The van der Waals surface area contributed by atoms with Crippen LogP contribution < -0.4 is 0 Å². The Morgan fingerprint density at radius 3 is 2.67 bits per heavy atom. The van der Waals surface area contributed by atoms with Crippen LogP contribution in [0.25, 0.3) is 0 Å². The molecule has 6 atom stereocenters. The standard InChI is InChI=1S/C25H38O5/c1-6-25(4,5)24(29)30-21-15-16(2)14-18-11-10-17(3)20(23(18)21)13-12-19(26)8-7-9-22(27)28/h7,9-11,14,16-17,19-21,23,26H,6,8,12-13,15H2,1-5H3,(H,27,28)/t16-,17-,19+,20-,21-,23+/m0/s1. The first kappa shape index (κ1) is 24.4. The molecule has 0 amide bonds. The smallest absolute Gasteiger partial charge is 0.327 e. The van der Waals surface area contributed by atoms with Gasteiger partial charge in [-0.1, -0.05) is 45.1 Å². The van der Waals surface area contributed by atoms with Gasteiger partial charge >= 0.3 is 11.9 Å². The van der Waals surface area contributed by atoms with Gasteiger partial charge in [-0.3, -0.25) is 4.79 Å². The van der Waals surface area contributed by atoms with Gasteiger partial charge in [0.25, 0.3) is 0 Å². The summed E-state index contributed by atoms with van der Waals surface area (Å²) in [4.78, 5) is 23.4. The van der Waals surface area contributed by atoms with Crippen molar-refractivity contribution in [3.05, 3.63) is 36.0 Å². The van der Waals surface area contributed by atoms with Crippen molar-refractivity contribution in [3.8, 4) is 0 Å². The Bertz CT molecular complexity index is 702. The highest BCUT2D eigenvalue weighted by molar-refractivity contribution is 5.79. The van der Waals surface area contributed by atoms with Gasteiger partial charge in [0, 0.05) is 12.0 Å². The predicted octanol–water partition coefficient (Wildman–Crippen LogP) is 4.91. The molecule has 0 fully saturated rings. The lowest BCUT2D eigenvalue weighted by Gasteiger charge is -2.43. The van der Waals surface area contributed by atoms with E-state index in [1.807, 2.05) is 20.8 Å². The minimum atomic E-state index is -1.00. The van der Waals surface area contributed by atoms with Gasteiger partial charge in [-0.05, 0) is 69.3 Å². The minimum absolute atomic E-state index is 0.136. The fraction of sp³-hybridized carbons (Fsp3) is 0.680. The van der Waals surface area contributed by atoms with E-state index < -0.39 is 17.5 Å². The van der Waals surface area contributed by atoms with Crippen LogP contribution in [0.1, 0.15) is 66.7 Å². The van der Waals surface area contributed by atoms with Crippen molar-refractivity contribution < 1.29 is 24.5 Å². The molecule has 0 aliphatic heterocycles. The topological polar surface area (TPSA) is 83.8 Å². The van der Waals surface area contributed by atoms with Crippen molar-refractivity contribution in [2.24, 2.45) is 29.1 Å². The number of rotatable bonds is 9. The highest BCUT2D eigenvalue weighted by Gasteiger charge is 2.42. The average molecular weight is 419 g/mol. The number of aliphatic carboxylic acids is 1. The second-order valence-corrected chi connectivity index (χ2v) is 9.68. The molecule has 30 heavy (non-hydrogen) atoms. The van der Waals surface area contributed by atoms with Crippen LogP contribution in [0.5, 0.6) is 0 Å². The normalized spacial score (nSPS) is 29.9. The molecule has 0 aromatic rings. The van der Waals surface area contributed by atoms with Crippen LogP contribution in [0, 0.1) is 29.1 Å². The molecule has 0 aromatic carbocycles. The number of fused-ring (bicyclic) bond motifs is 1. The fourth-order valence-corrected chi connectivity index (χ4v) is 4.49. The van der Waals surface area contributed by atoms with E-state index in [0.717, 1.165) is 25.3 Å². The fourth-order valence-electron chi connectivity index (χ4n) is 4.49. The van der Waals surface area contributed by atoms with Gasteiger partial charge in [0.15, 0.2) is 0 Å². The maximum Gasteiger partial charge on any atom is 0.327 e. The van der Waals surface area contributed by atoms with Crippen molar-refractivity contribution >= 4 is 11.9 Å². The second kappa shape index (κ2) is 10.4. The number of aliphatic hydroxyl groups is 1. The van der Waals surface area contributed by atoms with Crippen molar-refractivity contribution in [2.45, 2.75) is 78.9 Å². The number of hydrogen-bond donors (Lipinski definition) is 2. The molecular formula is C25H38O5. The number of aliphatic hydroxyl groups excluding tert-OH is 1. The number of carbonyl (C=O) groups is 2. The van der Waals surface area contributed by atoms with Gasteiger partial charge in [-0.2, -0.15) is 0 Å². The SMILES string of the molecule is CCC(C)(C)C(=O)O[C@H]1C[C@@H](C)C=C2C=C[C@H](C)[C@H](CC[C@H](O)CC=CC(=O)O)[C@@H]21. The van der Waals surface area contributed by atoms with Crippen molar-refractivity contribution in [1.82, 2.24) is 0 Å². The zero-order valence-corrected chi connectivity index (χ0v) is 19.0. The Morgan fingerprint density at radius 1 is 1.33 bits per heavy atom. The Kier molecular flexibility index (Phi) is 8.48. The lowest BCUT2D eigenvalue weighted by atomic mass is 9.65. The zero-order chi connectivity index (χ0) is 22.5. The van der Waals surface area contributed by atoms with Crippen LogP contribution in [0.2, 0.25) is 0 Å². The quantitative estimate of drug-likeness (QED) is 0.410. The molecule has 0 spiro atoms. The van der Waals surface area contributed by atoms with Crippen LogP contribution in [0.4, 0.5) is 0 Å². The molecule has 0 aromatic heterocycles. The maximum atomic E-state index is 12.8. The summed E-state index contributed by atoms with van der Waals surface area (Å²) in [7, 11) is 0. The molecule has 0 heterocycles. The molecule has 2 aliphatic carbocycles. The molecule has 0 bridgehead atoms. The first-order valence-electron chi connectivity index (χ1n) is 11.2. The Balaban J connectivity index is 2.14. The summed E-state index contributed by atoms with van der Waals surface area (Å²) >= 11 is 0. The summed E-state index contributed by atoms with van der Waals surface area (Å²) in [5.41, 5.74) is 0.743. The number of carbonyl (C=O) groups excluding carboxylic acids is 1. The van der Waals surface area contributed by atoms with Crippen LogP contribution in [-0.4, -0.2) is 34.4 Å². The largest absolute Gasteiger partial charge is 0.478 e. The van der Waals surface area contributed by atoms with E-state index in [2.05, 4.69) is 32.1 Å². The molecular weight excluding hydrogens is 380 g/mol. The monoisotopic (exact) mass is 418 g/mol. The first-order chi connectivity index (χ1) is 14.0. The average Bonchev–Trinajstić information content (AvgIpc) is 2.66. The predicted molar refractivity (Wildman–Crippen MR) is 118 cm³/mol. The molecule has 168 valence electrons. The number of carboxylic acids is 1. The summed E-state index contributed by atoms with van der Waals surface area (Å²) in [5, 5.41) is 19.0. The lowest BCUT2D eigenvalue weighted by molar-refractivity contribution is -0.164. The first-order valence-corrected chi connectivity index (χ1v) is 11.2. The van der Waals surface area contributed by atoms with E-state index in [1.165, 1.54) is 11.6 Å². The number of hydrogen-bond acceptors (Lipinski definition) is 4. The molecule has 0 unspecified atom stereocenters. The summed E-state index contributed by atoms with van der Waals surface area (Å²) in [6.07, 6.45) is 11.8. The summed E-state index contributed by atoms with van der Waals surface area (Å²) in [6.45, 7) is 10.2. The summed E-state index contributed by atoms with van der Waals surface area (Å²) in [6, 6.07) is 0. The summed E-state index contributed by atoms with van der Waals surface area (Å²) < 4.78 is 6.11. The molecule has 2 aliphatic rings. The van der Waals surface area contributed by atoms with Gasteiger partial charge in [0.2, 0.25) is 0 Å². The van der Waals surface area contributed by atoms with Crippen LogP contribution in [-0.2, 0) is 14.3 Å². The van der Waals surface area contributed by atoms with Gasteiger partial charge in [0.1, 0.15) is 6.10 Å². The second-order valence-electron chi connectivity index (χ2n) is 9.68. The van der Waals surface area contributed by atoms with E-state index in [1.54, 1.807) is 0 Å². The maximum absolute atomic E-state index is 12.8. The lowest BCUT2D eigenvalue weighted by Crippen LogP contribution is -2.43. The van der Waals surface area contributed by atoms with E-state index >= 15 is 0 Å². The minimum Gasteiger partial charge on any atom is -0.478 e. The Morgan fingerprint density at radius 2 is 2.03 bits per heavy atom. The van der Waals surface area contributed by atoms with Crippen LogP contribution in [0.3, 0.4) is 0 Å². The number of carboxylic acid groups (broad SMARTS) is 1. The van der Waals surface area contributed by atoms with Gasteiger partial charge in [-0.25, -0.2) is 4.79 Å². The molecule has 0 saturated heterocycles. The van der Waals surface area contributed by atoms with Gasteiger partial charge < -0.3 is 14.9 Å². The third kappa shape index (κ3) is 6.31. The van der Waals surface area contributed by atoms with Crippen LogP contribution >= 0.6 is 0 Å². The number of ether oxygens (including phenoxy) is 1. The molecule has 5 heteroatoms. The summed E-state index contributed by atoms with van der Waals surface area (Å²) in [5.74, 6) is -0.0526. The molecule has 0 saturated carbocycles. The third-order valence-corrected chi connectivity index (χ3v) is 6.79. The number of esters is 1. The Hall–Kier alpha value is -1.88. The highest BCUT2D eigenvalue weighted by Crippen LogP contribution is 2.45. The molecule has 0 radical (unpaired) electrons.